The fourth-order valence-electron chi connectivity index (χ4n) is 2.82. The molecule has 0 aliphatic heterocycles. The zero-order valence-corrected chi connectivity index (χ0v) is 17.5. The van der Waals surface area contributed by atoms with E-state index in [2.05, 4.69) is 10.6 Å². The molecule has 0 saturated carbocycles. The van der Waals surface area contributed by atoms with Crippen molar-refractivity contribution in [3.8, 4) is 11.4 Å². The van der Waals surface area contributed by atoms with Crippen LogP contribution in [0.3, 0.4) is 0 Å². The number of fused-ring (bicyclic) bond motifs is 1. The lowest BCUT2D eigenvalue weighted by Crippen LogP contribution is -2.42. The molecule has 2 N–H and O–H groups in total. The normalized spacial score (nSPS) is 11.8. The Balaban J connectivity index is 1.90. The van der Waals surface area contributed by atoms with E-state index in [1.54, 1.807) is 13.8 Å². The van der Waals surface area contributed by atoms with Crippen LogP contribution in [0.1, 0.15) is 20.8 Å². The van der Waals surface area contributed by atoms with E-state index >= 15 is 0 Å². The number of hydrogen-bond donors (Lipinski definition) is 2. The van der Waals surface area contributed by atoms with Crippen molar-refractivity contribution in [3.63, 3.8) is 0 Å². The van der Waals surface area contributed by atoms with Crippen LogP contribution in [0.4, 0.5) is 4.79 Å². The maximum absolute atomic E-state index is 12.4. The molecule has 0 aliphatic carbocycles. The smallest absolute Gasteiger partial charge is 0.321 e. The number of aromatic nitrogens is 2. The zero-order valence-electron chi connectivity index (χ0n) is 16.6. The highest BCUT2D eigenvalue weighted by molar-refractivity contribution is 8.00. The molecule has 0 radical (unpaired) electrons. The lowest BCUT2D eigenvalue weighted by atomic mass is 10.2. The number of carbonyl (C=O) groups is 2. The van der Waals surface area contributed by atoms with Crippen LogP contribution in [0.5, 0.6) is 5.75 Å². The van der Waals surface area contributed by atoms with Crippen LogP contribution in [0.2, 0.25) is 0 Å². The van der Waals surface area contributed by atoms with Gasteiger partial charge in [-0.15, -0.1) is 0 Å². The molecule has 0 bridgehead atoms. The number of thioether (sulfide) groups is 1. The van der Waals surface area contributed by atoms with Gasteiger partial charge in [-0.05, 0) is 57.2 Å². The SMILES string of the molecule is CCNC(=O)NC(=O)C(C)Sc1nc2ccccc2n1-c1ccc(OCC)cc1. The average Bonchev–Trinajstić information content (AvgIpc) is 3.06. The Morgan fingerprint density at radius 2 is 1.86 bits per heavy atom. The van der Waals surface area contributed by atoms with Gasteiger partial charge in [0.2, 0.25) is 5.91 Å². The number of hydrogen-bond acceptors (Lipinski definition) is 5. The van der Waals surface area contributed by atoms with E-state index in [0.717, 1.165) is 22.5 Å². The van der Waals surface area contributed by atoms with E-state index in [-0.39, 0.29) is 5.91 Å². The van der Waals surface area contributed by atoms with Crippen LogP contribution in [-0.2, 0) is 4.79 Å². The van der Waals surface area contributed by atoms with Crippen molar-refractivity contribution in [1.82, 2.24) is 20.2 Å². The zero-order chi connectivity index (χ0) is 20.8. The van der Waals surface area contributed by atoms with Gasteiger partial charge in [0.05, 0.1) is 22.9 Å². The summed E-state index contributed by atoms with van der Waals surface area (Å²) in [6, 6.07) is 15.1. The number of amides is 3. The molecule has 0 spiro atoms. The number of para-hydroxylation sites is 2. The second kappa shape index (κ2) is 9.47. The molecule has 7 nitrogen and oxygen atoms in total. The van der Waals surface area contributed by atoms with Crippen LogP contribution in [0.15, 0.2) is 53.7 Å². The number of nitrogens with one attached hydrogen (secondary N) is 2. The van der Waals surface area contributed by atoms with Gasteiger partial charge in [-0.1, -0.05) is 23.9 Å². The topological polar surface area (TPSA) is 85.3 Å². The summed E-state index contributed by atoms with van der Waals surface area (Å²) in [6.45, 7) is 6.54. The lowest BCUT2D eigenvalue weighted by Gasteiger charge is -2.14. The third-order valence-electron chi connectivity index (χ3n) is 4.16. The van der Waals surface area contributed by atoms with Crippen LogP contribution in [-0.4, -0.2) is 39.9 Å². The largest absolute Gasteiger partial charge is 0.494 e. The number of imidazole rings is 1. The van der Waals surface area contributed by atoms with Gasteiger partial charge in [-0.2, -0.15) is 0 Å². The van der Waals surface area contributed by atoms with Gasteiger partial charge in [0.1, 0.15) is 5.75 Å². The number of imide groups is 1. The minimum Gasteiger partial charge on any atom is -0.494 e. The average molecular weight is 413 g/mol. The van der Waals surface area contributed by atoms with Crippen LogP contribution in [0, 0.1) is 0 Å². The standard InChI is InChI=1S/C21H24N4O3S/c1-4-22-20(27)24-19(26)14(3)29-21-23-17-8-6-7-9-18(17)25(21)15-10-12-16(13-11-15)28-5-2/h6-14H,4-5H2,1-3H3,(H2,22,24,26,27). The van der Waals surface area contributed by atoms with Crippen molar-refractivity contribution in [2.75, 3.05) is 13.2 Å². The molecule has 3 amide bonds. The summed E-state index contributed by atoms with van der Waals surface area (Å²) in [6.07, 6.45) is 0. The summed E-state index contributed by atoms with van der Waals surface area (Å²) in [5, 5.41) is 5.08. The first-order chi connectivity index (χ1) is 14.0. The van der Waals surface area contributed by atoms with Crippen molar-refractivity contribution < 1.29 is 14.3 Å². The van der Waals surface area contributed by atoms with Gasteiger partial charge in [0, 0.05) is 12.2 Å². The molecule has 29 heavy (non-hydrogen) atoms. The Morgan fingerprint density at radius 1 is 1.14 bits per heavy atom. The number of ether oxygens (including phenoxy) is 1. The highest BCUT2D eigenvalue weighted by atomic mass is 32.2. The summed E-state index contributed by atoms with van der Waals surface area (Å²) >= 11 is 1.30. The molecule has 2 aromatic carbocycles. The molecule has 152 valence electrons. The summed E-state index contributed by atoms with van der Waals surface area (Å²) in [4.78, 5) is 28.7. The van der Waals surface area contributed by atoms with Gasteiger partial charge in [0.15, 0.2) is 5.16 Å². The Hall–Kier alpha value is -3.00. The number of urea groups is 1. The van der Waals surface area contributed by atoms with E-state index < -0.39 is 11.3 Å². The van der Waals surface area contributed by atoms with Crippen LogP contribution in [0.25, 0.3) is 16.7 Å². The molecule has 0 saturated heterocycles. The monoisotopic (exact) mass is 412 g/mol. The predicted octanol–water partition coefficient (Wildman–Crippen LogP) is 3.75. The first-order valence-corrected chi connectivity index (χ1v) is 10.4. The predicted molar refractivity (Wildman–Crippen MR) is 115 cm³/mol. The Kier molecular flexibility index (Phi) is 6.77. The van der Waals surface area contributed by atoms with Crippen molar-refractivity contribution in [2.24, 2.45) is 0 Å². The highest BCUT2D eigenvalue weighted by Crippen LogP contribution is 2.31. The van der Waals surface area contributed by atoms with Crippen LogP contribution >= 0.6 is 11.8 Å². The summed E-state index contributed by atoms with van der Waals surface area (Å²) in [7, 11) is 0. The third-order valence-corrected chi connectivity index (χ3v) is 5.21. The van der Waals surface area contributed by atoms with Gasteiger partial charge >= 0.3 is 6.03 Å². The maximum atomic E-state index is 12.4. The second-order valence-electron chi connectivity index (χ2n) is 6.25. The van der Waals surface area contributed by atoms with Gasteiger partial charge in [-0.25, -0.2) is 9.78 Å². The molecular weight excluding hydrogens is 388 g/mol. The molecule has 3 aromatic rings. The number of rotatable bonds is 7. The molecule has 8 heteroatoms. The lowest BCUT2D eigenvalue weighted by molar-refractivity contribution is -0.119. The highest BCUT2D eigenvalue weighted by Gasteiger charge is 2.21. The molecule has 0 fully saturated rings. The van der Waals surface area contributed by atoms with Crippen LogP contribution < -0.4 is 15.4 Å². The minimum atomic E-state index is -0.504. The molecule has 1 aromatic heterocycles. The van der Waals surface area contributed by atoms with E-state index in [1.165, 1.54) is 11.8 Å². The Morgan fingerprint density at radius 3 is 2.55 bits per heavy atom. The van der Waals surface area contributed by atoms with Crippen molar-refractivity contribution in [2.45, 2.75) is 31.2 Å². The molecule has 1 atom stereocenters. The summed E-state index contributed by atoms with van der Waals surface area (Å²) in [5.41, 5.74) is 2.69. The van der Waals surface area contributed by atoms with Gasteiger partial charge in [0.25, 0.3) is 0 Å². The Labute approximate surface area is 173 Å². The fourth-order valence-corrected chi connectivity index (χ4v) is 3.76. The quantitative estimate of drug-likeness (QED) is 0.577. The van der Waals surface area contributed by atoms with E-state index in [1.807, 2.05) is 60.0 Å². The fraction of sp³-hybridized carbons (Fsp3) is 0.286. The first-order valence-electron chi connectivity index (χ1n) is 9.49. The van der Waals surface area contributed by atoms with E-state index in [4.69, 9.17) is 9.72 Å². The second-order valence-corrected chi connectivity index (χ2v) is 7.56. The first kappa shape index (κ1) is 20.7. The molecule has 1 unspecified atom stereocenters. The van der Waals surface area contributed by atoms with Gasteiger partial charge in [-0.3, -0.25) is 14.7 Å². The molecule has 0 aliphatic rings. The number of carbonyl (C=O) groups excluding carboxylic acids is 2. The summed E-state index contributed by atoms with van der Waals surface area (Å²) < 4.78 is 7.53. The number of benzene rings is 2. The van der Waals surface area contributed by atoms with E-state index in [0.29, 0.717) is 18.3 Å². The number of nitrogens with zero attached hydrogens (tertiary/aromatic N) is 2. The van der Waals surface area contributed by atoms with E-state index in [9.17, 15) is 9.59 Å². The molecule has 3 rings (SSSR count). The molecule has 1 heterocycles. The summed E-state index contributed by atoms with van der Waals surface area (Å²) in [5.74, 6) is 0.427. The van der Waals surface area contributed by atoms with Gasteiger partial charge < -0.3 is 10.1 Å². The van der Waals surface area contributed by atoms with Crippen molar-refractivity contribution in [1.29, 1.82) is 0 Å². The third kappa shape index (κ3) is 4.89. The molecular formula is C21H24N4O3S. The van der Waals surface area contributed by atoms with Crippen molar-refractivity contribution in [3.05, 3.63) is 48.5 Å². The Bertz CT molecular complexity index is 1000. The van der Waals surface area contributed by atoms with Crippen molar-refractivity contribution >= 4 is 34.7 Å². The minimum absolute atomic E-state index is 0.369. The maximum Gasteiger partial charge on any atom is 0.321 e.